The molecule has 3 aliphatic carbocycles. The normalized spacial score (nSPS) is 28.2. The summed E-state index contributed by atoms with van der Waals surface area (Å²) in [5.74, 6) is -6.69. The van der Waals surface area contributed by atoms with Gasteiger partial charge >= 0.3 is 0 Å². The van der Waals surface area contributed by atoms with Crippen molar-refractivity contribution in [2.75, 3.05) is 14.1 Å². The first-order valence-electron chi connectivity index (χ1n) is 10.9. The number of carbonyl (C=O) groups is 3. The fourth-order valence-corrected chi connectivity index (χ4v) is 6.49. The SMILES string of the molecule is CN(C)[C@@H]1C(=O)C(C(N)=O)=C(O)[C@@]2(O)C(=O)C3=C(O)c4c(O)ccc(-c5nccs5)c4C[C@H]3C[C@@H]12. The number of aromatic nitrogens is 1. The van der Waals surface area contributed by atoms with Crippen LogP contribution in [-0.2, 0) is 20.8 Å². The molecule has 1 aromatic carbocycles. The molecule has 2 aromatic rings. The number of ketones is 2. The molecule has 0 aliphatic heterocycles. The molecule has 0 unspecified atom stereocenters. The smallest absolute Gasteiger partial charge is 0.255 e. The van der Waals surface area contributed by atoms with Crippen molar-refractivity contribution in [1.82, 2.24) is 9.88 Å². The summed E-state index contributed by atoms with van der Waals surface area (Å²) in [6.45, 7) is 0. The molecule has 35 heavy (non-hydrogen) atoms. The summed E-state index contributed by atoms with van der Waals surface area (Å²) in [7, 11) is 3.12. The summed E-state index contributed by atoms with van der Waals surface area (Å²) < 4.78 is 0. The van der Waals surface area contributed by atoms with Crippen LogP contribution < -0.4 is 5.73 Å². The number of hydrogen-bond donors (Lipinski definition) is 5. The van der Waals surface area contributed by atoms with Gasteiger partial charge in [-0.1, -0.05) is 0 Å². The standard InChI is InChI=1S/C24H23N3O7S/c1-27(2)17-12-8-9-7-11-10(23-26-5-6-35-23)3-4-13(28)15(11)18(29)14(9)20(31)24(12,34)21(32)16(19(17)30)22(25)33/h3-6,9,12,17,28-29,32,34H,7-8H2,1-2H3,(H2,25,33)/t9-,12-,17-,24-/m0/s1. The summed E-state index contributed by atoms with van der Waals surface area (Å²) >= 11 is 1.38. The molecule has 0 spiro atoms. The van der Waals surface area contributed by atoms with E-state index < -0.39 is 58.0 Å². The van der Waals surface area contributed by atoms with Gasteiger partial charge in [0.25, 0.3) is 5.91 Å². The Bertz CT molecular complexity index is 1360. The van der Waals surface area contributed by atoms with Gasteiger partial charge in [0.1, 0.15) is 27.8 Å². The predicted molar refractivity (Wildman–Crippen MR) is 125 cm³/mol. The number of benzene rings is 1. The number of amides is 1. The van der Waals surface area contributed by atoms with Crippen LogP contribution in [0.4, 0.5) is 0 Å². The Morgan fingerprint density at radius 1 is 1.23 bits per heavy atom. The van der Waals surface area contributed by atoms with Crippen LogP contribution in [0.25, 0.3) is 16.3 Å². The third-order valence-corrected chi connectivity index (χ3v) is 8.07. The Kier molecular flexibility index (Phi) is 5.13. The second-order valence-corrected chi connectivity index (χ2v) is 10.2. The molecule has 182 valence electrons. The zero-order valence-electron chi connectivity index (χ0n) is 18.8. The molecular weight excluding hydrogens is 474 g/mol. The molecule has 1 amide bonds. The average Bonchev–Trinajstić information content (AvgIpc) is 3.30. The fourth-order valence-electron chi connectivity index (χ4n) is 5.80. The highest BCUT2D eigenvalue weighted by Crippen LogP contribution is 2.53. The van der Waals surface area contributed by atoms with Crippen molar-refractivity contribution in [2.24, 2.45) is 17.6 Å². The average molecular weight is 498 g/mol. The van der Waals surface area contributed by atoms with E-state index in [4.69, 9.17) is 5.73 Å². The number of Topliss-reactive ketones (excluding diaryl/α,β-unsaturated/α-hetero) is 2. The maximum atomic E-state index is 13.8. The zero-order chi connectivity index (χ0) is 25.4. The number of phenols is 1. The number of phenolic OH excluding ortho intramolecular Hbond substituents is 1. The fraction of sp³-hybridized carbons (Fsp3) is 0.333. The Labute approximate surface area is 203 Å². The van der Waals surface area contributed by atoms with Gasteiger partial charge in [0.2, 0.25) is 5.78 Å². The maximum absolute atomic E-state index is 13.8. The van der Waals surface area contributed by atoms with Gasteiger partial charge in [-0.2, -0.15) is 0 Å². The molecule has 1 fully saturated rings. The van der Waals surface area contributed by atoms with Crippen LogP contribution in [0.1, 0.15) is 17.5 Å². The van der Waals surface area contributed by atoms with Gasteiger partial charge in [-0.3, -0.25) is 19.3 Å². The Morgan fingerprint density at radius 2 is 1.94 bits per heavy atom. The topological polar surface area (TPSA) is 174 Å². The van der Waals surface area contributed by atoms with E-state index in [1.165, 1.54) is 22.3 Å². The molecule has 10 nitrogen and oxygen atoms in total. The summed E-state index contributed by atoms with van der Waals surface area (Å²) in [5.41, 5.74) is 3.00. The van der Waals surface area contributed by atoms with Crippen LogP contribution >= 0.6 is 11.3 Å². The first-order chi connectivity index (χ1) is 16.5. The summed E-state index contributed by atoms with van der Waals surface area (Å²) in [6, 6.07) is 1.96. The lowest BCUT2D eigenvalue weighted by atomic mass is 9.57. The quantitative estimate of drug-likeness (QED) is 0.389. The van der Waals surface area contributed by atoms with Crippen molar-refractivity contribution in [1.29, 1.82) is 0 Å². The van der Waals surface area contributed by atoms with Gasteiger partial charge in [0.15, 0.2) is 11.4 Å². The van der Waals surface area contributed by atoms with Gasteiger partial charge in [-0.25, -0.2) is 4.98 Å². The number of primary amides is 1. The number of nitrogens with zero attached hydrogens (tertiary/aromatic N) is 2. The summed E-state index contributed by atoms with van der Waals surface area (Å²) in [5, 5.41) is 46.7. The molecule has 0 radical (unpaired) electrons. The lowest BCUT2D eigenvalue weighted by molar-refractivity contribution is -0.153. The molecule has 0 bridgehead atoms. The van der Waals surface area contributed by atoms with E-state index >= 15 is 0 Å². The van der Waals surface area contributed by atoms with Gasteiger partial charge in [-0.05, 0) is 50.6 Å². The second kappa shape index (κ2) is 7.74. The Morgan fingerprint density at radius 3 is 2.54 bits per heavy atom. The van der Waals surface area contributed by atoms with Crippen molar-refractivity contribution in [3.8, 4) is 16.3 Å². The van der Waals surface area contributed by atoms with Crippen LogP contribution in [0, 0.1) is 11.8 Å². The molecule has 4 atom stereocenters. The van der Waals surface area contributed by atoms with E-state index in [0.717, 1.165) is 0 Å². The molecule has 1 saturated carbocycles. The summed E-state index contributed by atoms with van der Waals surface area (Å²) in [6.07, 6.45) is 1.89. The molecule has 11 heteroatoms. The van der Waals surface area contributed by atoms with E-state index in [-0.39, 0.29) is 29.7 Å². The van der Waals surface area contributed by atoms with Crippen molar-refractivity contribution in [3.63, 3.8) is 0 Å². The second-order valence-electron chi connectivity index (χ2n) is 9.28. The van der Waals surface area contributed by atoms with Crippen LogP contribution in [0.2, 0.25) is 0 Å². The van der Waals surface area contributed by atoms with Gasteiger partial charge in [0, 0.05) is 28.6 Å². The number of carbonyl (C=O) groups excluding carboxylic acids is 3. The number of thiazole rings is 1. The molecule has 6 N–H and O–H groups in total. The highest BCUT2D eigenvalue weighted by atomic mass is 32.1. The predicted octanol–water partition coefficient (Wildman–Crippen LogP) is 1.09. The number of fused-ring (bicyclic) bond motifs is 3. The van der Waals surface area contributed by atoms with Crippen molar-refractivity contribution in [3.05, 3.63) is 51.7 Å². The van der Waals surface area contributed by atoms with Crippen LogP contribution in [0.15, 0.2) is 40.6 Å². The maximum Gasteiger partial charge on any atom is 0.255 e. The van der Waals surface area contributed by atoms with Crippen LogP contribution in [-0.4, -0.2) is 73.5 Å². The van der Waals surface area contributed by atoms with Gasteiger partial charge in [-0.15, -0.1) is 11.3 Å². The van der Waals surface area contributed by atoms with E-state index in [0.29, 0.717) is 16.1 Å². The monoisotopic (exact) mass is 497 g/mol. The molecule has 1 heterocycles. The number of aliphatic hydroxyl groups excluding tert-OH is 2. The molecular formula is C24H23N3O7S. The minimum absolute atomic E-state index is 0.0404. The number of hydrogen-bond acceptors (Lipinski definition) is 10. The highest BCUT2D eigenvalue weighted by molar-refractivity contribution is 7.13. The van der Waals surface area contributed by atoms with Gasteiger partial charge < -0.3 is 26.2 Å². The van der Waals surface area contributed by atoms with E-state index in [2.05, 4.69) is 4.98 Å². The highest BCUT2D eigenvalue weighted by Gasteiger charge is 2.64. The Balaban J connectivity index is 1.75. The number of aromatic hydroxyl groups is 1. The first-order valence-corrected chi connectivity index (χ1v) is 11.8. The lowest BCUT2D eigenvalue weighted by Crippen LogP contribution is -2.65. The summed E-state index contributed by atoms with van der Waals surface area (Å²) in [4.78, 5) is 44.7. The van der Waals surface area contributed by atoms with Crippen molar-refractivity contribution in [2.45, 2.75) is 24.5 Å². The molecule has 1 aromatic heterocycles. The third-order valence-electron chi connectivity index (χ3n) is 7.27. The van der Waals surface area contributed by atoms with Crippen molar-refractivity contribution >= 4 is 34.6 Å². The lowest BCUT2D eigenvalue weighted by Gasteiger charge is -2.50. The van der Waals surface area contributed by atoms with E-state index in [9.17, 15) is 34.8 Å². The largest absolute Gasteiger partial charge is 0.508 e. The number of likely N-dealkylation sites (N-methyl/N-ethyl adjacent to an activating group) is 1. The van der Waals surface area contributed by atoms with Crippen LogP contribution in [0.5, 0.6) is 5.75 Å². The van der Waals surface area contributed by atoms with E-state index in [1.807, 2.05) is 0 Å². The van der Waals surface area contributed by atoms with E-state index in [1.54, 1.807) is 31.7 Å². The Hall–Kier alpha value is -3.54. The minimum atomic E-state index is -2.65. The van der Waals surface area contributed by atoms with Gasteiger partial charge in [0.05, 0.1) is 11.6 Å². The minimum Gasteiger partial charge on any atom is -0.508 e. The molecule has 3 aliphatic rings. The van der Waals surface area contributed by atoms with Crippen LogP contribution in [0.3, 0.4) is 0 Å². The van der Waals surface area contributed by atoms with Crippen molar-refractivity contribution < 1.29 is 34.8 Å². The number of nitrogens with two attached hydrogens (primary N) is 1. The molecule has 5 rings (SSSR count). The molecule has 0 saturated heterocycles. The third kappa shape index (κ3) is 3.01. The zero-order valence-corrected chi connectivity index (χ0v) is 19.7. The number of aliphatic hydroxyl groups is 3. The number of rotatable bonds is 3. The first kappa shape index (κ1) is 23.2.